The van der Waals surface area contributed by atoms with Crippen molar-refractivity contribution in [1.29, 1.82) is 0 Å². The SMILES string of the molecule is [B][C@@H]1O[C@H](C(C)C)C(C[PH](=O)/C=C\C[C@H]2O[C@@H](C)[C@@H](C)C2OC(C)C)[C@@H]1C.[Y]. The quantitative estimate of drug-likeness (QED) is 0.376. The molecule has 0 aromatic heterocycles. The number of rotatable bonds is 8. The van der Waals surface area contributed by atoms with E-state index in [1.807, 2.05) is 11.9 Å². The standard InChI is InChI=1S/C21H38BO4P.Y/c1-12(2)19-17(15(6)21(22)26-19)11-27(23)10-8-9-18-20(24-13(3)4)14(5)16(7)25-18;/h8,10,12-21,27H,9,11H2,1-7H3;/b10-8-;/t14-,15+,16+,17?,18-,19-,20?,21-;/m1./s1. The third kappa shape index (κ3) is 7.03. The van der Waals surface area contributed by atoms with Crippen LogP contribution in [0.4, 0.5) is 0 Å². The minimum absolute atomic E-state index is 0. The molecular formula is C21H38BO4PY. The Hall–Kier alpha value is 1.02. The molecule has 2 aliphatic rings. The maximum absolute atomic E-state index is 12.7. The summed E-state index contributed by atoms with van der Waals surface area (Å²) < 4.78 is 30.8. The van der Waals surface area contributed by atoms with Crippen LogP contribution in [0, 0.1) is 23.7 Å². The predicted molar refractivity (Wildman–Crippen MR) is 113 cm³/mol. The molecule has 4 nitrogen and oxygen atoms in total. The molecule has 0 aromatic carbocycles. The van der Waals surface area contributed by atoms with E-state index in [1.54, 1.807) is 0 Å². The Kier molecular flexibility index (Phi) is 11.7. The average molecular weight is 485 g/mol. The number of hydrogen-bond donors (Lipinski definition) is 0. The molecule has 7 heteroatoms. The van der Waals surface area contributed by atoms with E-state index in [0.29, 0.717) is 18.0 Å². The monoisotopic (exact) mass is 485 g/mol. The van der Waals surface area contributed by atoms with Gasteiger partial charge in [-0.25, -0.2) is 0 Å². The molecule has 0 aromatic rings. The molecule has 0 saturated carbocycles. The first-order valence-corrected chi connectivity index (χ1v) is 12.2. The molecular weight excluding hydrogens is 447 g/mol. The Balaban J connectivity index is 0.00000392. The Morgan fingerprint density at radius 2 is 1.75 bits per heavy atom. The van der Waals surface area contributed by atoms with Crippen molar-refractivity contribution < 1.29 is 51.5 Å². The summed E-state index contributed by atoms with van der Waals surface area (Å²) in [6.07, 6.45) is 4.04. The molecule has 0 amide bonds. The topological polar surface area (TPSA) is 44.8 Å². The van der Waals surface area contributed by atoms with Crippen LogP contribution in [0.5, 0.6) is 0 Å². The van der Waals surface area contributed by atoms with Crippen LogP contribution in [0.3, 0.4) is 0 Å². The Morgan fingerprint density at radius 1 is 1.11 bits per heavy atom. The van der Waals surface area contributed by atoms with Crippen LogP contribution in [-0.4, -0.2) is 50.5 Å². The van der Waals surface area contributed by atoms with E-state index in [2.05, 4.69) is 48.5 Å². The second-order valence-corrected chi connectivity index (χ2v) is 10.7. The van der Waals surface area contributed by atoms with Gasteiger partial charge < -0.3 is 18.8 Å². The fourth-order valence-corrected chi connectivity index (χ4v) is 5.94. The fraction of sp³-hybridized carbons (Fsp3) is 0.905. The summed E-state index contributed by atoms with van der Waals surface area (Å²) >= 11 is 0. The summed E-state index contributed by atoms with van der Waals surface area (Å²) in [7, 11) is 4.26. The first-order valence-electron chi connectivity index (χ1n) is 10.5. The molecule has 2 saturated heterocycles. The fourth-order valence-electron chi connectivity index (χ4n) is 4.33. The van der Waals surface area contributed by atoms with Crippen molar-refractivity contribution in [3.63, 3.8) is 0 Å². The first-order chi connectivity index (χ1) is 12.6. The molecule has 3 unspecified atom stereocenters. The minimum Gasteiger partial charge on any atom is -0.384 e. The maximum atomic E-state index is 12.7. The van der Waals surface area contributed by atoms with Crippen molar-refractivity contribution in [3.05, 3.63) is 11.9 Å². The molecule has 0 N–H and O–H groups in total. The van der Waals surface area contributed by atoms with E-state index < -0.39 is 7.80 Å². The molecule has 2 aliphatic heterocycles. The van der Waals surface area contributed by atoms with Crippen molar-refractivity contribution in [2.75, 3.05) is 6.16 Å². The molecule has 2 fully saturated rings. The molecule has 2 rings (SSSR count). The Labute approximate surface area is 199 Å². The largest absolute Gasteiger partial charge is 0.384 e. The number of ether oxygens (including phenoxy) is 3. The maximum Gasteiger partial charge on any atom is 0.109 e. The van der Waals surface area contributed by atoms with Crippen molar-refractivity contribution >= 4 is 15.6 Å². The Morgan fingerprint density at radius 3 is 2.32 bits per heavy atom. The van der Waals surface area contributed by atoms with Gasteiger partial charge in [0, 0.05) is 50.8 Å². The van der Waals surface area contributed by atoms with Crippen LogP contribution in [0.1, 0.15) is 54.9 Å². The van der Waals surface area contributed by atoms with Crippen molar-refractivity contribution in [3.8, 4) is 0 Å². The van der Waals surface area contributed by atoms with E-state index >= 15 is 0 Å². The van der Waals surface area contributed by atoms with Gasteiger partial charge >= 0.3 is 0 Å². The van der Waals surface area contributed by atoms with E-state index in [-0.39, 0.29) is 81.1 Å². The van der Waals surface area contributed by atoms with E-state index in [1.165, 1.54) is 0 Å². The summed E-state index contributed by atoms with van der Waals surface area (Å²) in [5.41, 5.74) is 0. The summed E-state index contributed by atoms with van der Waals surface area (Å²) in [6, 6.07) is -0.245. The molecule has 3 radical (unpaired) electrons. The van der Waals surface area contributed by atoms with Crippen molar-refractivity contribution in [1.82, 2.24) is 0 Å². The van der Waals surface area contributed by atoms with Crippen molar-refractivity contribution in [2.45, 2.75) is 91.4 Å². The summed E-state index contributed by atoms with van der Waals surface area (Å²) in [5.74, 6) is 3.14. The van der Waals surface area contributed by atoms with Gasteiger partial charge in [0.1, 0.15) is 7.85 Å². The van der Waals surface area contributed by atoms with E-state index in [0.717, 1.165) is 6.42 Å². The normalized spacial score (nSPS) is 39.8. The Bertz CT molecular complexity index is 531. The van der Waals surface area contributed by atoms with Gasteiger partial charge in [0.25, 0.3) is 0 Å². The van der Waals surface area contributed by atoms with Gasteiger partial charge in [0.2, 0.25) is 0 Å². The minimum atomic E-state index is -1.81. The second-order valence-electron chi connectivity index (χ2n) is 9.03. The smallest absolute Gasteiger partial charge is 0.109 e. The van der Waals surface area contributed by atoms with Crippen LogP contribution >= 0.6 is 7.80 Å². The molecule has 9 atom stereocenters. The summed E-state index contributed by atoms with van der Waals surface area (Å²) in [6.45, 7) is 14.8. The molecule has 0 spiro atoms. The molecule has 0 aliphatic carbocycles. The van der Waals surface area contributed by atoms with Gasteiger partial charge in [-0.05, 0) is 50.8 Å². The third-order valence-corrected chi connectivity index (χ3v) is 7.62. The van der Waals surface area contributed by atoms with Gasteiger partial charge in [0.05, 0.1) is 38.3 Å². The van der Waals surface area contributed by atoms with E-state index in [4.69, 9.17) is 22.1 Å². The van der Waals surface area contributed by atoms with Crippen LogP contribution < -0.4 is 0 Å². The van der Waals surface area contributed by atoms with Crippen LogP contribution in [-0.2, 0) is 51.5 Å². The zero-order valence-electron chi connectivity index (χ0n) is 18.6. The van der Waals surface area contributed by atoms with Crippen LogP contribution in [0.2, 0.25) is 0 Å². The number of hydrogen-bond acceptors (Lipinski definition) is 4. The zero-order valence-corrected chi connectivity index (χ0v) is 22.5. The third-order valence-electron chi connectivity index (χ3n) is 6.14. The van der Waals surface area contributed by atoms with Crippen LogP contribution in [0.15, 0.2) is 11.9 Å². The zero-order chi connectivity index (χ0) is 20.3. The molecule has 157 valence electrons. The van der Waals surface area contributed by atoms with E-state index in [9.17, 15) is 4.57 Å². The molecule has 0 bridgehead atoms. The average Bonchev–Trinajstić information content (AvgIpc) is 3.00. The van der Waals surface area contributed by atoms with Gasteiger partial charge in [-0.2, -0.15) is 0 Å². The second kappa shape index (κ2) is 12.2. The van der Waals surface area contributed by atoms with Gasteiger partial charge in [-0.15, -0.1) is 0 Å². The van der Waals surface area contributed by atoms with Gasteiger partial charge in [-0.3, -0.25) is 0 Å². The van der Waals surface area contributed by atoms with Gasteiger partial charge in [-0.1, -0.05) is 33.8 Å². The summed E-state index contributed by atoms with van der Waals surface area (Å²) in [5, 5.41) is 0. The first kappa shape index (κ1) is 27.1. The van der Waals surface area contributed by atoms with Crippen LogP contribution in [0.25, 0.3) is 0 Å². The summed E-state index contributed by atoms with van der Waals surface area (Å²) in [4.78, 5) is 0. The molecule has 28 heavy (non-hydrogen) atoms. The van der Waals surface area contributed by atoms with Crippen molar-refractivity contribution in [2.24, 2.45) is 23.7 Å². The predicted octanol–water partition coefficient (Wildman–Crippen LogP) is 4.47. The van der Waals surface area contributed by atoms with Gasteiger partial charge in [0.15, 0.2) is 0 Å². The molecule has 2 heterocycles.